The lowest BCUT2D eigenvalue weighted by molar-refractivity contribution is -0.119. The summed E-state index contributed by atoms with van der Waals surface area (Å²) in [6.07, 6.45) is 0. The molecule has 0 bridgehead atoms. The van der Waals surface area contributed by atoms with Crippen LogP contribution in [0.25, 0.3) is 0 Å². The molecule has 0 saturated heterocycles. The Kier molecular flexibility index (Phi) is 4.28. The highest BCUT2D eigenvalue weighted by Crippen LogP contribution is 2.23. The lowest BCUT2D eigenvalue weighted by Gasteiger charge is -2.26. The molecular weight excluding hydrogens is 245 g/mol. The molecule has 0 radical (unpaired) electrons. The second-order valence-corrected chi connectivity index (χ2v) is 5.58. The molecule has 0 heterocycles. The van der Waals surface area contributed by atoms with Gasteiger partial charge in [-0.25, -0.2) is 4.39 Å². The average Bonchev–Trinajstić information content (AvgIpc) is 2.32. The molecule has 5 heteroatoms. The summed E-state index contributed by atoms with van der Waals surface area (Å²) in [4.78, 5) is 12.0. The third-order valence-corrected chi connectivity index (χ3v) is 2.95. The number of halogens is 1. The number of carbonyl (C=O) groups excluding carboxylic acids is 1. The van der Waals surface area contributed by atoms with Crippen molar-refractivity contribution in [2.45, 2.75) is 33.7 Å². The van der Waals surface area contributed by atoms with Gasteiger partial charge in [0.1, 0.15) is 5.82 Å². The molecule has 4 nitrogen and oxygen atoms in total. The van der Waals surface area contributed by atoms with Gasteiger partial charge in [0.25, 0.3) is 0 Å². The lowest BCUT2D eigenvalue weighted by atomic mass is 9.87. The topological polar surface area (TPSA) is 78.9 Å². The largest absolute Gasteiger partial charge is 0.324 e. The minimum absolute atomic E-state index is 0.155. The van der Waals surface area contributed by atoms with Crippen molar-refractivity contribution in [1.82, 2.24) is 0 Å². The van der Waals surface area contributed by atoms with E-state index in [2.05, 4.69) is 5.32 Å². The van der Waals surface area contributed by atoms with E-state index in [-0.39, 0.29) is 16.8 Å². The van der Waals surface area contributed by atoms with Crippen LogP contribution in [0.5, 0.6) is 0 Å². The third kappa shape index (κ3) is 3.52. The molecular formula is C14H18FN3O. The van der Waals surface area contributed by atoms with Crippen molar-refractivity contribution in [3.8, 4) is 6.07 Å². The van der Waals surface area contributed by atoms with Crippen molar-refractivity contribution in [3.05, 3.63) is 29.1 Å². The first-order valence-corrected chi connectivity index (χ1v) is 5.93. The maximum absolute atomic E-state index is 13.6. The number of nitriles is 1. The van der Waals surface area contributed by atoms with Crippen LogP contribution in [-0.2, 0) is 4.79 Å². The van der Waals surface area contributed by atoms with Crippen molar-refractivity contribution in [1.29, 1.82) is 5.26 Å². The summed E-state index contributed by atoms with van der Waals surface area (Å²) in [5, 5.41) is 11.4. The maximum Gasteiger partial charge on any atom is 0.241 e. The fourth-order valence-corrected chi connectivity index (χ4v) is 1.48. The van der Waals surface area contributed by atoms with Crippen molar-refractivity contribution in [2.24, 2.45) is 11.1 Å². The number of rotatable bonds is 2. The molecule has 0 fully saturated rings. The van der Waals surface area contributed by atoms with E-state index in [1.807, 2.05) is 26.8 Å². The zero-order chi connectivity index (χ0) is 14.8. The standard InChI is InChI=1S/C14H18FN3O/c1-8-10(15)5-9(7-16)6-11(8)18-13(19)12(17)14(2,3)4/h5-6,12H,17H2,1-4H3,(H,18,19)/t12-/m0/s1. The number of benzene rings is 1. The number of amides is 1. The Hall–Kier alpha value is -1.93. The van der Waals surface area contributed by atoms with Gasteiger partial charge in [-0.2, -0.15) is 5.26 Å². The number of hydrogen-bond donors (Lipinski definition) is 2. The van der Waals surface area contributed by atoms with Crippen molar-refractivity contribution < 1.29 is 9.18 Å². The molecule has 3 N–H and O–H groups in total. The summed E-state index contributed by atoms with van der Waals surface area (Å²) in [7, 11) is 0. The molecule has 0 unspecified atom stereocenters. The molecule has 1 amide bonds. The number of nitrogens with zero attached hydrogens (tertiary/aromatic N) is 1. The number of hydrogen-bond acceptors (Lipinski definition) is 3. The van der Waals surface area contributed by atoms with E-state index in [1.54, 1.807) is 0 Å². The smallest absolute Gasteiger partial charge is 0.241 e. The monoisotopic (exact) mass is 263 g/mol. The van der Waals surface area contributed by atoms with Crippen LogP contribution in [0.1, 0.15) is 31.9 Å². The van der Waals surface area contributed by atoms with Crippen molar-refractivity contribution >= 4 is 11.6 Å². The van der Waals surface area contributed by atoms with E-state index in [4.69, 9.17) is 11.0 Å². The van der Waals surface area contributed by atoms with Gasteiger partial charge in [-0.1, -0.05) is 20.8 Å². The molecule has 1 rings (SSSR count). The van der Waals surface area contributed by atoms with Gasteiger partial charge in [0.15, 0.2) is 0 Å². The highest BCUT2D eigenvalue weighted by atomic mass is 19.1. The molecule has 102 valence electrons. The average molecular weight is 263 g/mol. The SMILES string of the molecule is Cc1c(F)cc(C#N)cc1NC(=O)[C@H](N)C(C)(C)C. The number of nitrogens with two attached hydrogens (primary N) is 1. The highest BCUT2D eigenvalue weighted by Gasteiger charge is 2.27. The van der Waals surface area contributed by atoms with Crippen LogP contribution in [0, 0.1) is 29.5 Å². The van der Waals surface area contributed by atoms with Gasteiger partial charge in [-0.05, 0) is 24.5 Å². The quantitative estimate of drug-likeness (QED) is 0.859. The Morgan fingerprint density at radius 2 is 2.05 bits per heavy atom. The Labute approximate surface area is 112 Å². The van der Waals surface area contributed by atoms with Crippen molar-refractivity contribution in [3.63, 3.8) is 0 Å². The second kappa shape index (κ2) is 5.37. The van der Waals surface area contributed by atoms with Crippen LogP contribution in [0.15, 0.2) is 12.1 Å². The molecule has 0 aromatic heterocycles. The van der Waals surface area contributed by atoms with Gasteiger partial charge in [0.2, 0.25) is 5.91 Å². The van der Waals surface area contributed by atoms with Crippen LogP contribution in [0.3, 0.4) is 0 Å². The Morgan fingerprint density at radius 3 is 2.53 bits per heavy atom. The van der Waals surface area contributed by atoms with Gasteiger partial charge in [0, 0.05) is 11.3 Å². The normalized spacial score (nSPS) is 12.7. The third-order valence-electron chi connectivity index (χ3n) is 2.95. The summed E-state index contributed by atoms with van der Waals surface area (Å²) in [5.74, 6) is -0.927. The van der Waals surface area contributed by atoms with Crippen LogP contribution in [0.2, 0.25) is 0 Å². The molecule has 1 aromatic carbocycles. The number of carbonyl (C=O) groups is 1. The summed E-state index contributed by atoms with van der Waals surface area (Å²) < 4.78 is 13.6. The Morgan fingerprint density at radius 1 is 1.47 bits per heavy atom. The molecule has 0 aliphatic carbocycles. The minimum atomic E-state index is -0.722. The Balaban J connectivity index is 3.04. The molecule has 19 heavy (non-hydrogen) atoms. The second-order valence-electron chi connectivity index (χ2n) is 5.58. The Bertz CT molecular complexity index is 541. The number of anilines is 1. The first kappa shape index (κ1) is 15.1. The first-order chi connectivity index (χ1) is 8.66. The summed E-state index contributed by atoms with van der Waals surface area (Å²) >= 11 is 0. The molecule has 0 aliphatic rings. The van der Waals surface area contributed by atoms with E-state index in [1.165, 1.54) is 13.0 Å². The van der Waals surface area contributed by atoms with E-state index < -0.39 is 23.2 Å². The van der Waals surface area contributed by atoms with Crippen LogP contribution in [-0.4, -0.2) is 11.9 Å². The van der Waals surface area contributed by atoms with E-state index in [0.717, 1.165) is 6.07 Å². The van der Waals surface area contributed by atoms with E-state index in [9.17, 15) is 9.18 Å². The maximum atomic E-state index is 13.6. The first-order valence-electron chi connectivity index (χ1n) is 5.93. The van der Waals surface area contributed by atoms with Crippen LogP contribution < -0.4 is 11.1 Å². The predicted octanol–water partition coefficient (Wildman–Crippen LogP) is 2.32. The zero-order valence-corrected chi connectivity index (χ0v) is 11.5. The molecule has 0 aliphatic heterocycles. The fraction of sp³-hybridized carbons (Fsp3) is 0.429. The summed E-state index contributed by atoms with van der Waals surface area (Å²) in [6, 6.07) is 3.69. The predicted molar refractivity (Wildman–Crippen MR) is 71.9 cm³/mol. The van der Waals surface area contributed by atoms with Gasteiger partial charge >= 0.3 is 0 Å². The van der Waals surface area contributed by atoms with E-state index in [0.29, 0.717) is 0 Å². The molecule has 0 saturated carbocycles. The lowest BCUT2D eigenvalue weighted by Crippen LogP contribution is -2.45. The highest BCUT2D eigenvalue weighted by molar-refractivity contribution is 5.96. The minimum Gasteiger partial charge on any atom is -0.324 e. The van der Waals surface area contributed by atoms with Crippen molar-refractivity contribution in [2.75, 3.05) is 5.32 Å². The van der Waals surface area contributed by atoms with E-state index >= 15 is 0 Å². The van der Waals surface area contributed by atoms with Crippen LogP contribution in [0.4, 0.5) is 10.1 Å². The van der Waals surface area contributed by atoms with Gasteiger partial charge in [0.05, 0.1) is 17.7 Å². The molecule has 1 aromatic rings. The fourth-order valence-electron chi connectivity index (χ4n) is 1.48. The van der Waals surface area contributed by atoms with Gasteiger partial charge in [-0.3, -0.25) is 4.79 Å². The summed E-state index contributed by atoms with van der Waals surface area (Å²) in [6.45, 7) is 7.07. The number of nitrogens with one attached hydrogen (secondary N) is 1. The van der Waals surface area contributed by atoms with Crippen LogP contribution >= 0.6 is 0 Å². The van der Waals surface area contributed by atoms with Gasteiger partial charge in [-0.15, -0.1) is 0 Å². The molecule has 1 atom stereocenters. The van der Waals surface area contributed by atoms with Gasteiger partial charge < -0.3 is 11.1 Å². The summed E-state index contributed by atoms with van der Waals surface area (Å²) in [5.41, 5.74) is 6.15. The molecule has 0 spiro atoms. The zero-order valence-electron chi connectivity index (χ0n) is 11.5.